The Morgan fingerprint density at radius 1 is 1.06 bits per heavy atom. The summed E-state index contributed by atoms with van der Waals surface area (Å²) in [5, 5.41) is 9.70. The molecule has 0 radical (unpaired) electrons. The Hall–Kier alpha value is -1.18. The van der Waals surface area contributed by atoms with Gasteiger partial charge in [-0.05, 0) is 6.92 Å². The van der Waals surface area contributed by atoms with Gasteiger partial charge in [0.05, 0.1) is 6.10 Å². The summed E-state index contributed by atoms with van der Waals surface area (Å²) in [4.78, 5) is 22.1. The van der Waals surface area contributed by atoms with Crippen molar-refractivity contribution < 1.29 is 33.6 Å². The number of ether oxygens (including phenoxy) is 4. The Kier molecular flexibility index (Phi) is 5.06. The van der Waals surface area contributed by atoms with Gasteiger partial charge in [0.25, 0.3) is 0 Å². The Labute approximate surface area is 105 Å². The third-order valence-electron chi connectivity index (χ3n) is 2.62. The van der Waals surface area contributed by atoms with Crippen LogP contribution in [-0.4, -0.2) is 54.9 Å². The summed E-state index contributed by atoms with van der Waals surface area (Å²) in [6.07, 6.45) is -4.50. The fraction of sp³-hybridized carbons (Fsp3) is 0.818. The molecule has 0 aromatic carbocycles. The molecule has 7 heteroatoms. The van der Waals surface area contributed by atoms with Gasteiger partial charge >= 0.3 is 11.9 Å². The van der Waals surface area contributed by atoms with Gasteiger partial charge in [-0.25, -0.2) is 0 Å². The molecular weight excluding hydrogens is 244 g/mol. The summed E-state index contributed by atoms with van der Waals surface area (Å²) in [5.74, 6) is -1.08. The monoisotopic (exact) mass is 262 g/mol. The number of carbonyl (C=O) groups is 2. The van der Waals surface area contributed by atoms with E-state index in [1.54, 1.807) is 6.92 Å². The van der Waals surface area contributed by atoms with Gasteiger partial charge in [-0.1, -0.05) is 0 Å². The molecule has 1 aliphatic heterocycles. The lowest BCUT2D eigenvalue weighted by molar-refractivity contribution is -0.289. The first-order valence-electron chi connectivity index (χ1n) is 5.57. The highest BCUT2D eigenvalue weighted by atomic mass is 16.7. The Morgan fingerprint density at radius 3 is 2.00 bits per heavy atom. The number of esters is 2. The topological polar surface area (TPSA) is 91.3 Å². The van der Waals surface area contributed by atoms with Gasteiger partial charge in [-0.2, -0.15) is 0 Å². The molecule has 1 heterocycles. The standard InChI is InChI=1S/C11H18O7/c1-5-8(17-6(2)12)9(18-7(3)13)10(15-4)11(14)16-5/h5,8-11,14H,1-4H3. The van der Waals surface area contributed by atoms with Crippen molar-refractivity contribution in [3.63, 3.8) is 0 Å². The molecule has 5 atom stereocenters. The second-order valence-corrected chi connectivity index (χ2v) is 4.08. The molecule has 18 heavy (non-hydrogen) atoms. The van der Waals surface area contributed by atoms with E-state index in [1.807, 2.05) is 0 Å². The first-order valence-corrected chi connectivity index (χ1v) is 5.57. The average molecular weight is 262 g/mol. The van der Waals surface area contributed by atoms with Gasteiger partial charge in [-0.15, -0.1) is 0 Å². The molecule has 1 fully saturated rings. The molecule has 0 spiro atoms. The number of carbonyl (C=O) groups excluding carboxylic acids is 2. The molecule has 0 saturated carbocycles. The van der Waals surface area contributed by atoms with Gasteiger partial charge in [0.15, 0.2) is 18.5 Å². The van der Waals surface area contributed by atoms with Crippen molar-refractivity contribution in [2.75, 3.05) is 7.11 Å². The van der Waals surface area contributed by atoms with Crippen LogP contribution in [0.4, 0.5) is 0 Å². The predicted molar refractivity (Wildman–Crippen MR) is 58.5 cm³/mol. The number of rotatable bonds is 3. The molecule has 1 rings (SSSR count). The molecule has 0 aromatic rings. The van der Waals surface area contributed by atoms with E-state index in [1.165, 1.54) is 21.0 Å². The van der Waals surface area contributed by atoms with Crippen molar-refractivity contribution in [1.29, 1.82) is 0 Å². The van der Waals surface area contributed by atoms with Gasteiger partial charge in [0, 0.05) is 21.0 Å². The van der Waals surface area contributed by atoms with E-state index < -0.39 is 42.6 Å². The molecule has 1 N–H and O–H groups in total. The van der Waals surface area contributed by atoms with E-state index in [-0.39, 0.29) is 0 Å². The number of methoxy groups -OCH3 is 1. The number of hydrogen-bond donors (Lipinski definition) is 1. The smallest absolute Gasteiger partial charge is 0.303 e. The second-order valence-electron chi connectivity index (χ2n) is 4.08. The first-order chi connectivity index (χ1) is 8.36. The van der Waals surface area contributed by atoms with E-state index in [2.05, 4.69) is 0 Å². The number of hydrogen-bond acceptors (Lipinski definition) is 7. The van der Waals surface area contributed by atoms with Gasteiger partial charge in [0.1, 0.15) is 6.10 Å². The molecular formula is C11H18O7. The Bertz CT molecular complexity index is 317. The van der Waals surface area contributed by atoms with Crippen LogP contribution < -0.4 is 0 Å². The summed E-state index contributed by atoms with van der Waals surface area (Å²) < 4.78 is 20.3. The zero-order chi connectivity index (χ0) is 13.9. The summed E-state index contributed by atoms with van der Waals surface area (Å²) >= 11 is 0. The summed E-state index contributed by atoms with van der Waals surface area (Å²) in [6.45, 7) is 4.08. The van der Waals surface area contributed by atoms with Crippen molar-refractivity contribution in [2.45, 2.75) is 51.5 Å². The van der Waals surface area contributed by atoms with Crippen molar-refractivity contribution in [3.05, 3.63) is 0 Å². The Balaban J connectivity index is 2.93. The maximum atomic E-state index is 11.1. The fourth-order valence-electron chi connectivity index (χ4n) is 1.92. The molecule has 1 saturated heterocycles. The van der Waals surface area contributed by atoms with Crippen LogP contribution in [0.3, 0.4) is 0 Å². The largest absolute Gasteiger partial charge is 0.456 e. The Morgan fingerprint density at radius 2 is 1.56 bits per heavy atom. The van der Waals surface area contributed by atoms with Crippen LogP contribution in [0, 0.1) is 0 Å². The second kappa shape index (κ2) is 6.12. The van der Waals surface area contributed by atoms with Crippen molar-refractivity contribution >= 4 is 11.9 Å². The molecule has 0 aromatic heterocycles. The molecule has 0 amide bonds. The molecule has 0 aliphatic carbocycles. The highest BCUT2D eigenvalue weighted by molar-refractivity contribution is 5.67. The first kappa shape index (κ1) is 14.9. The van der Waals surface area contributed by atoms with E-state index in [9.17, 15) is 14.7 Å². The normalized spacial score (nSPS) is 35.9. The molecule has 5 unspecified atom stereocenters. The molecule has 7 nitrogen and oxygen atoms in total. The highest BCUT2D eigenvalue weighted by Crippen LogP contribution is 2.26. The predicted octanol–water partition coefficient (Wildman–Crippen LogP) is -0.398. The third-order valence-corrected chi connectivity index (χ3v) is 2.62. The quantitative estimate of drug-likeness (QED) is 0.692. The fourth-order valence-corrected chi connectivity index (χ4v) is 1.92. The van der Waals surface area contributed by atoms with E-state index in [0.29, 0.717) is 0 Å². The number of aliphatic hydroxyl groups excluding tert-OH is 1. The van der Waals surface area contributed by atoms with Crippen molar-refractivity contribution in [3.8, 4) is 0 Å². The zero-order valence-corrected chi connectivity index (χ0v) is 10.8. The van der Waals surface area contributed by atoms with Crippen LogP contribution in [0.5, 0.6) is 0 Å². The lowest BCUT2D eigenvalue weighted by atomic mass is 9.99. The van der Waals surface area contributed by atoms with Crippen LogP contribution in [0.2, 0.25) is 0 Å². The van der Waals surface area contributed by atoms with E-state index in [0.717, 1.165) is 0 Å². The van der Waals surface area contributed by atoms with Gasteiger partial charge in [-0.3, -0.25) is 9.59 Å². The van der Waals surface area contributed by atoms with E-state index >= 15 is 0 Å². The third kappa shape index (κ3) is 3.41. The van der Waals surface area contributed by atoms with Crippen LogP contribution in [0.15, 0.2) is 0 Å². The van der Waals surface area contributed by atoms with Crippen LogP contribution in [-0.2, 0) is 28.5 Å². The highest BCUT2D eigenvalue weighted by Gasteiger charge is 2.48. The summed E-state index contributed by atoms with van der Waals surface area (Å²) in [6, 6.07) is 0. The minimum atomic E-state index is -1.25. The van der Waals surface area contributed by atoms with Crippen molar-refractivity contribution in [2.24, 2.45) is 0 Å². The van der Waals surface area contributed by atoms with Crippen LogP contribution in [0.1, 0.15) is 20.8 Å². The minimum absolute atomic E-state index is 0.529. The van der Waals surface area contributed by atoms with Gasteiger partial charge in [0.2, 0.25) is 0 Å². The maximum absolute atomic E-state index is 11.1. The summed E-state index contributed by atoms with van der Waals surface area (Å²) in [7, 11) is 1.34. The molecule has 0 bridgehead atoms. The van der Waals surface area contributed by atoms with Gasteiger partial charge < -0.3 is 24.1 Å². The lowest BCUT2D eigenvalue weighted by Gasteiger charge is -2.41. The average Bonchev–Trinajstić information content (AvgIpc) is 2.23. The maximum Gasteiger partial charge on any atom is 0.303 e. The minimum Gasteiger partial charge on any atom is -0.456 e. The summed E-state index contributed by atoms with van der Waals surface area (Å²) in [5.41, 5.74) is 0. The van der Waals surface area contributed by atoms with Crippen molar-refractivity contribution in [1.82, 2.24) is 0 Å². The SMILES string of the molecule is COC1C(O)OC(C)C(OC(C)=O)C1OC(C)=O. The number of aliphatic hydroxyl groups is 1. The van der Waals surface area contributed by atoms with Crippen LogP contribution in [0.25, 0.3) is 0 Å². The van der Waals surface area contributed by atoms with Crippen LogP contribution >= 0.6 is 0 Å². The zero-order valence-electron chi connectivity index (χ0n) is 10.8. The lowest BCUT2D eigenvalue weighted by Crippen LogP contribution is -2.59. The molecule has 1 aliphatic rings. The molecule has 104 valence electrons. The van der Waals surface area contributed by atoms with E-state index in [4.69, 9.17) is 18.9 Å².